The Balaban J connectivity index is 2.06. The number of anilines is 2. The number of hydrogen-bond acceptors (Lipinski definition) is 2. The molecule has 0 fully saturated rings. The zero-order valence-corrected chi connectivity index (χ0v) is 11.4. The van der Waals surface area contributed by atoms with Gasteiger partial charge in [0.15, 0.2) is 0 Å². The van der Waals surface area contributed by atoms with E-state index in [-0.39, 0.29) is 0 Å². The number of hydrogen-bond donors (Lipinski definition) is 1. The van der Waals surface area contributed by atoms with Crippen LogP contribution in [0.25, 0.3) is 11.0 Å². The second-order valence-corrected chi connectivity index (χ2v) is 4.86. The Labute approximate surface area is 112 Å². The molecule has 3 aromatic rings. The number of aromatic nitrogens is 2. The predicted molar refractivity (Wildman–Crippen MR) is 79.9 cm³/mol. The second-order valence-electron chi connectivity index (χ2n) is 4.86. The van der Waals surface area contributed by atoms with E-state index in [1.54, 1.807) is 0 Å². The molecule has 96 valence electrons. The Kier molecular flexibility index (Phi) is 2.75. The topological polar surface area (TPSA) is 29.9 Å². The van der Waals surface area contributed by atoms with Crippen LogP contribution in [0.1, 0.15) is 11.1 Å². The lowest BCUT2D eigenvalue weighted by Gasteiger charge is -2.10. The van der Waals surface area contributed by atoms with Crippen molar-refractivity contribution < 1.29 is 0 Å². The van der Waals surface area contributed by atoms with Crippen molar-refractivity contribution in [1.29, 1.82) is 0 Å². The van der Waals surface area contributed by atoms with Gasteiger partial charge in [-0.05, 0) is 43.2 Å². The van der Waals surface area contributed by atoms with Gasteiger partial charge < -0.3 is 9.88 Å². The van der Waals surface area contributed by atoms with Crippen LogP contribution in [0.5, 0.6) is 0 Å². The van der Waals surface area contributed by atoms with Crippen molar-refractivity contribution in [3.05, 3.63) is 53.6 Å². The Morgan fingerprint density at radius 2 is 1.79 bits per heavy atom. The highest BCUT2D eigenvalue weighted by Gasteiger charge is 2.08. The molecule has 3 heteroatoms. The number of nitrogens with one attached hydrogen (secondary N) is 1. The van der Waals surface area contributed by atoms with Gasteiger partial charge in [0, 0.05) is 12.7 Å². The minimum atomic E-state index is 0.870. The molecular formula is C16H17N3. The minimum absolute atomic E-state index is 0.870. The Bertz CT molecular complexity index is 741. The number of aryl methyl sites for hydroxylation is 2. The number of imidazole rings is 1. The molecule has 0 unspecified atom stereocenters. The molecule has 1 heterocycles. The summed E-state index contributed by atoms with van der Waals surface area (Å²) in [6.07, 6.45) is 0. The van der Waals surface area contributed by atoms with Crippen molar-refractivity contribution in [2.24, 2.45) is 7.05 Å². The highest BCUT2D eigenvalue weighted by molar-refractivity contribution is 5.79. The molecule has 0 amide bonds. The summed E-state index contributed by atoms with van der Waals surface area (Å²) in [5.41, 5.74) is 5.80. The van der Waals surface area contributed by atoms with E-state index >= 15 is 0 Å². The molecule has 3 rings (SSSR count). The molecule has 0 saturated heterocycles. The third-order valence-electron chi connectivity index (χ3n) is 3.64. The van der Waals surface area contributed by atoms with E-state index in [0.29, 0.717) is 0 Å². The van der Waals surface area contributed by atoms with Gasteiger partial charge in [-0.25, -0.2) is 4.98 Å². The van der Waals surface area contributed by atoms with Crippen molar-refractivity contribution in [2.75, 3.05) is 5.32 Å². The van der Waals surface area contributed by atoms with Crippen LogP contribution in [0.15, 0.2) is 42.5 Å². The zero-order chi connectivity index (χ0) is 13.4. The van der Waals surface area contributed by atoms with Crippen molar-refractivity contribution in [3.8, 4) is 0 Å². The minimum Gasteiger partial charge on any atom is -0.325 e. The third-order valence-corrected chi connectivity index (χ3v) is 3.64. The van der Waals surface area contributed by atoms with E-state index in [9.17, 15) is 0 Å². The fraction of sp³-hybridized carbons (Fsp3) is 0.188. The molecule has 0 aliphatic heterocycles. The lowest BCUT2D eigenvalue weighted by Crippen LogP contribution is -2.01. The summed E-state index contributed by atoms with van der Waals surface area (Å²) in [7, 11) is 2.03. The Hall–Kier alpha value is -2.29. The molecule has 2 aromatic carbocycles. The van der Waals surface area contributed by atoms with Crippen molar-refractivity contribution in [3.63, 3.8) is 0 Å². The van der Waals surface area contributed by atoms with E-state index in [1.165, 1.54) is 11.1 Å². The van der Waals surface area contributed by atoms with Crippen LogP contribution in [-0.4, -0.2) is 9.55 Å². The van der Waals surface area contributed by atoms with E-state index in [4.69, 9.17) is 0 Å². The molecule has 0 saturated carbocycles. The normalized spacial score (nSPS) is 10.9. The smallest absolute Gasteiger partial charge is 0.208 e. The average molecular weight is 251 g/mol. The van der Waals surface area contributed by atoms with Crippen molar-refractivity contribution in [2.45, 2.75) is 13.8 Å². The molecular weight excluding hydrogens is 234 g/mol. The maximum atomic E-state index is 4.63. The third kappa shape index (κ3) is 1.97. The molecule has 0 radical (unpaired) electrons. The molecule has 0 spiro atoms. The maximum Gasteiger partial charge on any atom is 0.208 e. The number of rotatable bonds is 2. The highest BCUT2D eigenvalue weighted by Crippen LogP contribution is 2.24. The molecule has 0 aliphatic carbocycles. The summed E-state index contributed by atoms with van der Waals surface area (Å²) in [5.74, 6) is 0.870. The van der Waals surface area contributed by atoms with Crippen molar-refractivity contribution >= 4 is 22.7 Å². The van der Waals surface area contributed by atoms with Gasteiger partial charge in [-0.2, -0.15) is 0 Å². The molecule has 0 aliphatic rings. The molecule has 0 bridgehead atoms. The Morgan fingerprint density at radius 1 is 1.00 bits per heavy atom. The van der Waals surface area contributed by atoms with E-state index in [0.717, 1.165) is 22.7 Å². The number of para-hydroxylation sites is 2. The first-order chi connectivity index (χ1) is 9.16. The van der Waals surface area contributed by atoms with Crippen LogP contribution >= 0.6 is 0 Å². The van der Waals surface area contributed by atoms with Crippen LogP contribution in [0, 0.1) is 13.8 Å². The summed E-state index contributed by atoms with van der Waals surface area (Å²) in [6.45, 7) is 4.25. The van der Waals surface area contributed by atoms with Crippen LogP contribution in [-0.2, 0) is 7.05 Å². The predicted octanol–water partition coefficient (Wildman–Crippen LogP) is 3.93. The first kappa shape index (κ1) is 11.8. The van der Waals surface area contributed by atoms with Crippen molar-refractivity contribution in [1.82, 2.24) is 9.55 Å². The van der Waals surface area contributed by atoms with E-state index < -0.39 is 0 Å². The van der Waals surface area contributed by atoms with E-state index in [1.807, 2.05) is 25.2 Å². The highest BCUT2D eigenvalue weighted by atomic mass is 15.2. The monoisotopic (exact) mass is 251 g/mol. The molecule has 1 N–H and O–H groups in total. The van der Waals surface area contributed by atoms with E-state index in [2.05, 4.69) is 53.0 Å². The summed E-state index contributed by atoms with van der Waals surface area (Å²) in [4.78, 5) is 4.63. The molecule has 3 nitrogen and oxygen atoms in total. The summed E-state index contributed by atoms with van der Waals surface area (Å²) < 4.78 is 2.08. The molecule has 0 atom stereocenters. The first-order valence-corrected chi connectivity index (χ1v) is 6.41. The van der Waals surface area contributed by atoms with Crippen LogP contribution < -0.4 is 5.32 Å². The largest absolute Gasteiger partial charge is 0.325 e. The van der Waals surface area contributed by atoms with Crippen LogP contribution in [0.2, 0.25) is 0 Å². The van der Waals surface area contributed by atoms with Crippen LogP contribution in [0.4, 0.5) is 11.6 Å². The second kappa shape index (κ2) is 4.43. The number of benzene rings is 2. The summed E-state index contributed by atoms with van der Waals surface area (Å²) in [6, 6.07) is 14.4. The van der Waals surface area contributed by atoms with Gasteiger partial charge in [0.2, 0.25) is 5.95 Å². The lowest BCUT2D eigenvalue weighted by atomic mass is 10.1. The summed E-state index contributed by atoms with van der Waals surface area (Å²) in [5, 5.41) is 3.42. The van der Waals surface area contributed by atoms with Gasteiger partial charge in [0.25, 0.3) is 0 Å². The van der Waals surface area contributed by atoms with Gasteiger partial charge in [-0.1, -0.05) is 24.3 Å². The SMILES string of the molecule is Cc1cccc(Nc2nc3ccccc3n2C)c1C. The quantitative estimate of drug-likeness (QED) is 0.747. The lowest BCUT2D eigenvalue weighted by molar-refractivity contribution is 0.957. The first-order valence-electron chi connectivity index (χ1n) is 6.41. The molecule has 1 aromatic heterocycles. The molecule has 19 heavy (non-hydrogen) atoms. The van der Waals surface area contributed by atoms with Gasteiger partial charge in [-0.15, -0.1) is 0 Å². The maximum absolute atomic E-state index is 4.63. The summed E-state index contributed by atoms with van der Waals surface area (Å²) >= 11 is 0. The average Bonchev–Trinajstić information content (AvgIpc) is 2.73. The Morgan fingerprint density at radius 3 is 2.58 bits per heavy atom. The zero-order valence-electron chi connectivity index (χ0n) is 11.4. The van der Waals surface area contributed by atoms with Gasteiger partial charge in [0.1, 0.15) is 0 Å². The standard InChI is InChI=1S/C16H17N3/c1-11-7-6-9-13(12(11)2)17-16-18-14-8-4-5-10-15(14)19(16)3/h4-10H,1-3H3,(H,17,18). The number of nitrogens with zero attached hydrogens (tertiary/aromatic N) is 2. The van der Waals surface area contributed by atoms with Gasteiger partial charge >= 0.3 is 0 Å². The van der Waals surface area contributed by atoms with Crippen LogP contribution in [0.3, 0.4) is 0 Å². The van der Waals surface area contributed by atoms with Gasteiger partial charge in [0.05, 0.1) is 11.0 Å². The number of fused-ring (bicyclic) bond motifs is 1. The fourth-order valence-corrected chi connectivity index (χ4v) is 2.26. The fourth-order valence-electron chi connectivity index (χ4n) is 2.26. The van der Waals surface area contributed by atoms with Gasteiger partial charge in [-0.3, -0.25) is 0 Å².